The number of ether oxygens (including phenoxy) is 2. The molecule has 0 N–H and O–H groups in total. The summed E-state index contributed by atoms with van der Waals surface area (Å²) in [4.78, 5) is 10.8. The number of esters is 1. The highest BCUT2D eigenvalue weighted by molar-refractivity contribution is 5.69. The quantitative estimate of drug-likeness (QED) is 0.571. The molecule has 0 aliphatic rings. The molecule has 0 aliphatic carbocycles. The molecule has 0 unspecified atom stereocenters. The number of carbonyl (C=O) groups excluding carboxylic acids is 1. The van der Waals surface area contributed by atoms with Crippen LogP contribution < -0.4 is 9.47 Å². The monoisotopic (exact) mass is 234 g/mol. The van der Waals surface area contributed by atoms with E-state index in [0.717, 1.165) is 0 Å². The fourth-order valence-electron chi connectivity index (χ4n) is 1.35. The zero-order chi connectivity index (χ0) is 12.3. The summed E-state index contributed by atoms with van der Waals surface area (Å²) in [5.41, 5.74) is 0.661. The summed E-state index contributed by atoms with van der Waals surface area (Å²) >= 11 is 0. The third-order valence-electron chi connectivity index (χ3n) is 2.01. The van der Waals surface area contributed by atoms with Crippen molar-refractivity contribution >= 4 is 5.97 Å². The van der Waals surface area contributed by atoms with Crippen LogP contribution in [0.1, 0.15) is 6.92 Å². The second-order valence-electron chi connectivity index (χ2n) is 3.18. The lowest BCUT2D eigenvalue weighted by Crippen LogP contribution is -2.03. The normalized spacial score (nSPS) is 10.0. The zero-order valence-corrected chi connectivity index (χ0v) is 9.32. The maximum Gasteiger partial charge on any atom is 0.308 e. The fourth-order valence-corrected chi connectivity index (χ4v) is 1.35. The van der Waals surface area contributed by atoms with E-state index in [1.165, 1.54) is 25.0 Å². The van der Waals surface area contributed by atoms with Crippen molar-refractivity contribution in [3.05, 3.63) is 24.5 Å². The first kappa shape index (κ1) is 11.1. The van der Waals surface area contributed by atoms with E-state index in [0.29, 0.717) is 17.2 Å². The predicted molar refractivity (Wildman–Crippen MR) is 57.0 cm³/mol. The van der Waals surface area contributed by atoms with E-state index in [4.69, 9.17) is 9.47 Å². The van der Waals surface area contributed by atoms with Crippen LogP contribution in [0.3, 0.4) is 0 Å². The molecule has 0 bridgehead atoms. The van der Waals surface area contributed by atoms with Crippen LogP contribution in [0.2, 0.25) is 0 Å². The summed E-state index contributed by atoms with van der Waals surface area (Å²) in [5, 5.41) is 10.8. The molecular weight excluding hydrogens is 224 g/mol. The number of tetrazole rings is 1. The molecule has 0 amide bonds. The topological polar surface area (TPSA) is 79.1 Å². The summed E-state index contributed by atoms with van der Waals surface area (Å²) in [6, 6.07) is 4.94. The maximum absolute atomic E-state index is 10.8. The molecule has 0 spiro atoms. The van der Waals surface area contributed by atoms with Gasteiger partial charge in [-0.1, -0.05) is 0 Å². The van der Waals surface area contributed by atoms with Crippen LogP contribution in [-0.4, -0.2) is 33.3 Å². The first-order valence-corrected chi connectivity index (χ1v) is 4.80. The van der Waals surface area contributed by atoms with Crippen molar-refractivity contribution in [1.29, 1.82) is 0 Å². The van der Waals surface area contributed by atoms with E-state index in [2.05, 4.69) is 15.5 Å². The largest absolute Gasteiger partial charge is 0.494 e. The lowest BCUT2D eigenvalue weighted by molar-refractivity contribution is -0.131. The minimum Gasteiger partial charge on any atom is -0.494 e. The van der Waals surface area contributed by atoms with E-state index in [1.54, 1.807) is 18.2 Å². The Morgan fingerprint density at radius 2 is 2.24 bits per heavy atom. The van der Waals surface area contributed by atoms with Gasteiger partial charge in [0.1, 0.15) is 23.5 Å². The van der Waals surface area contributed by atoms with E-state index >= 15 is 0 Å². The maximum atomic E-state index is 10.8. The van der Waals surface area contributed by atoms with Gasteiger partial charge in [-0.25, -0.2) is 0 Å². The van der Waals surface area contributed by atoms with Crippen LogP contribution in [0.5, 0.6) is 11.5 Å². The summed E-state index contributed by atoms with van der Waals surface area (Å²) in [6.45, 7) is 1.34. The van der Waals surface area contributed by atoms with Crippen molar-refractivity contribution in [1.82, 2.24) is 20.2 Å². The van der Waals surface area contributed by atoms with Crippen molar-refractivity contribution in [2.45, 2.75) is 6.92 Å². The highest BCUT2D eigenvalue weighted by atomic mass is 16.5. The number of methoxy groups -OCH3 is 1. The average molecular weight is 234 g/mol. The van der Waals surface area contributed by atoms with Gasteiger partial charge in [0.05, 0.1) is 7.11 Å². The highest BCUT2D eigenvalue weighted by Gasteiger charge is 2.09. The van der Waals surface area contributed by atoms with Gasteiger partial charge in [-0.3, -0.25) is 4.79 Å². The zero-order valence-electron chi connectivity index (χ0n) is 9.32. The number of nitrogens with zero attached hydrogens (tertiary/aromatic N) is 4. The molecule has 2 aromatic rings. The van der Waals surface area contributed by atoms with Crippen molar-refractivity contribution in [2.75, 3.05) is 7.11 Å². The number of rotatable bonds is 3. The predicted octanol–water partition coefficient (Wildman–Crippen LogP) is 0.596. The molecule has 1 heterocycles. The van der Waals surface area contributed by atoms with Crippen LogP contribution in [0, 0.1) is 0 Å². The molecular formula is C10H10N4O3. The number of carbonyl (C=O) groups is 1. The second kappa shape index (κ2) is 4.60. The Morgan fingerprint density at radius 3 is 2.82 bits per heavy atom. The third-order valence-corrected chi connectivity index (χ3v) is 2.01. The molecule has 7 heteroatoms. The Balaban J connectivity index is 2.38. The first-order valence-electron chi connectivity index (χ1n) is 4.80. The van der Waals surface area contributed by atoms with Crippen LogP contribution in [0.25, 0.3) is 5.69 Å². The SMILES string of the molecule is COc1cc(OC(C)=O)ccc1-n1cnnn1. The van der Waals surface area contributed by atoms with E-state index in [-0.39, 0.29) is 5.97 Å². The van der Waals surface area contributed by atoms with Gasteiger partial charge >= 0.3 is 5.97 Å². The molecule has 0 fully saturated rings. The van der Waals surface area contributed by atoms with Crippen molar-refractivity contribution in [3.8, 4) is 17.2 Å². The van der Waals surface area contributed by atoms with Gasteiger partial charge < -0.3 is 9.47 Å². The smallest absolute Gasteiger partial charge is 0.308 e. The lowest BCUT2D eigenvalue weighted by atomic mass is 10.2. The Labute approximate surface area is 97.0 Å². The summed E-state index contributed by atoms with van der Waals surface area (Å²) in [6.07, 6.45) is 1.45. The number of hydrogen-bond donors (Lipinski definition) is 0. The molecule has 88 valence electrons. The van der Waals surface area contributed by atoms with Gasteiger partial charge in [-0.15, -0.1) is 5.10 Å². The number of benzene rings is 1. The summed E-state index contributed by atoms with van der Waals surface area (Å²) in [7, 11) is 1.51. The van der Waals surface area contributed by atoms with Gasteiger partial charge in [0.2, 0.25) is 0 Å². The van der Waals surface area contributed by atoms with Crippen molar-refractivity contribution in [3.63, 3.8) is 0 Å². The molecule has 1 aromatic heterocycles. The third kappa shape index (κ3) is 2.39. The second-order valence-corrected chi connectivity index (χ2v) is 3.18. The van der Waals surface area contributed by atoms with Crippen molar-refractivity contribution < 1.29 is 14.3 Å². The minimum absolute atomic E-state index is 0.387. The van der Waals surface area contributed by atoms with Gasteiger partial charge in [0.15, 0.2) is 0 Å². The van der Waals surface area contributed by atoms with Gasteiger partial charge in [0.25, 0.3) is 0 Å². The van der Waals surface area contributed by atoms with Gasteiger partial charge in [0, 0.05) is 13.0 Å². The minimum atomic E-state index is -0.387. The molecule has 0 aliphatic heterocycles. The first-order chi connectivity index (χ1) is 8.20. The summed E-state index contributed by atoms with van der Waals surface area (Å²) < 4.78 is 11.6. The molecule has 0 radical (unpaired) electrons. The number of aromatic nitrogens is 4. The molecule has 0 saturated heterocycles. The highest BCUT2D eigenvalue weighted by Crippen LogP contribution is 2.27. The Hall–Kier alpha value is -2.44. The number of hydrogen-bond acceptors (Lipinski definition) is 6. The van der Waals surface area contributed by atoms with E-state index < -0.39 is 0 Å². The molecule has 17 heavy (non-hydrogen) atoms. The molecule has 0 atom stereocenters. The Kier molecular flexibility index (Phi) is 2.99. The van der Waals surface area contributed by atoms with Crippen LogP contribution >= 0.6 is 0 Å². The van der Waals surface area contributed by atoms with Crippen molar-refractivity contribution in [2.24, 2.45) is 0 Å². The van der Waals surface area contributed by atoms with Crippen LogP contribution in [0.15, 0.2) is 24.5 Å². The van der Waals surface area contributed by atoms with E-state index in [9.17, 15) is 4.79 Å². The average Bonchev–Trinajstić information content (AvgIpc) is 2.81. The molecule has 2 rings (SSSR count). The summed E-state index contributed by atoms with van der Waals surface area (Å²) in [5.74, 6) is 0.532. The molecule has 0 saturated carbocycles. The Morgan fingerprint density at radius 1 is 1.41 bits per heavy atom. The van der Waals surface area contributed by atoms with E-state index in [1.807, 2.05) is 0 Å². The standard InChI is InChI=1S/C10H10N4O3/c1-7(15)17-8-3-4-9(10(5-8)16-2)14-6-11-12-13-14/h3-6H,1-2H3. The Bertz CT molecular complexity index is 524. The molecule has 1 aromatic carbocycles. The molecule has 7 nitrogen and oxygen atoms in total. The van der Waals surface area contributed by atoms with Crippen LogP contribution in [-0.2, 0) is 4.79 Å². The fraction of sp³-hybridized carbons (Fsp3) is 0.200. The van der Waals surface area contributed by atoms with Gasteiger partial charge in [-0.05, 0) is 22.6 Å². The van der Waals surface area contributed by atoms with Crippen LogP contribution in [0.4, 0.5) is 0 Å². The van der Waals surface area contributed by atoms with Gasteiger partial charge in [-0.2, -0.15) is 4.68 Å². The lowest BCUT2D eigenvalue weighted by Gasteiger charge is -2.09.